The maximum absolute atomic E-state index is 11.7. The van der Waals surface area contributed by atoms with E-state index >= 15 is 0 Å². The number of anilines is 1. The molecule has 2 N–H and O–H groups in total. The summed E-state index contributed by atoms with van der Waals surface area (Å²) in [5.74, 6) is 0.402. The summed E-state index contributed by atoms with van der Waals surface area (Å²) in [7, 11) is 0. The predicted molar refractivity (Wildman–Crippen MR) is 51.7 cm³/mol. The monoisotopic (exact) mass is 197 g/mol. The average molecular weight is 197 g/mol. The highest BCUT2D eigenvalue weighted by Crippen LogP contribution is 2.20. The van der Waals surface area contributed by atoms with Crippen LogP contribution < -0.4 is 5.73 Å². The van der Waals surface area contributed by atoms with Gasteiger partial charge in [-0.2, -0.15) is 0 Å². The Kier molecular flexibility index (Phi) is 2.18. The first-order chi connectivity index (χ1) is 6.29. The second kappa shape index (κ2) is 3.33. The Hall–Kier alpha value is -1.10. The zero-order valence-corrected chi connectivity index (χ0v) is 8.01. The van der Waals surface area contributed by atoms with Gasteiger partial charge in [0.2, 0.25) is 0 Å². The Morgan fingerprint density at radius 2 is 2.23 bits per heavy atom. The molecule has 0 radical (unpaired) electrons. The van der Waals surface area contributed by atoms with Gasteiger partial charge in [-0.3, -0.25) is 4.79 Å². The molecule has 2 rings (SSSR count). The van der Waals surface area contributed by atoms with Crippen LogP contribution in [-0.4, -0.2) is 28.9 Å². The molecule has 0 unspecified atom stereocenters. The molecule has 1 aliphatic rings. The summed E-state index contributed by atoms with van der Waals surface area (Å²) in [6.07, 6.45) is 2.20. The van der Waals surface area contributed by atoms with Crippen LogP contribution in [0, 0.1) is 0 Å². The molecule has 1 fully saturated rings. The number of hydrogen-bond acceptors (Lipinski definition) is 4. The van der Waals surface area contributed by atoms with Crippen molar-refractivity contribution in [2.24, 2.45) is 0 Å². The summed E-state index contributed by atoms with van der Waals surface area (Å²) in [5.41, 5.74) is 7.17. The van der Waals surface area contributed by atoms with Crippen LogP contribution in [0.5, 0.6) is 0 Å². The molecule has 5 heteroatoms. The van der Waals surface area contributed by atoms with E-state index in [0.29, 0.717) is 10.7 Å². The SMILES string of the molecule is Nc1ncsc1C(=O)N1CCCC1. The third-order valence-electron chi connectivity index (χ3n) is 2.18. The number of nitrogens with two attached hydrogens (primary N) is 1. The van der Waals surface area contributed by atoms with E-state index < -0.39 is 0 Å². The maximum Gasteiger partial charge on any atom is 0.267 e. The molecule has 0 aliphatic carbocycles. The zero-order chi connectivity index (χ0) is 9.26. The Bertz CT molecular complexity index is 317. The number of thiazole rings is 1. The second-order valence-electron chi connectivity index (χ2n) is 3.07. The smallest absolute Gasteiger partial charge is 0.267 e. The van der Waals surface area contributed by atoms with Crippen LogP contribution in [0.25, 0.3) is 0 Å². The standard InChI is InChI=1S/C8H11N3OS/c9-7-6(13-5-10-7)8(12)11-3-1-2-4-11/h5H,1-4,9H2. The van der Waals surface area contributed by atoms with Crippen LogP contribution in [0.3, 0.4) is 0 Å². The topological polar surface area (TPSA) is 59.2 Å². The Morgan fingerprint density at radius 1 is 1.54 bits per heavy atom. The van der Waals surface area contributed by atoms with Gasteiger partial charge < -0.3 is 10.6 Å². The van der Waals surface area contributed by atoms with Gasteiger partial charge in [-0.25, -0.2) is 4.98 Å². The van der Waals surface area contributed by atoms with E-state index in [2.05, 4.69) is 4.98 Å². The molecular weight excluding hydrogens is 186 g/mol. The van der Waals surface area contributed by atoms with E-state index in [1.165, 1.54) is 11.3 Å². The van der Waals surface area contributed by atoms with E-state index in [1.54, 1.807) is 5.51 Å². The zero-order valence-electron chi connectivity index (χ0n) is 7.19. The minimum atomic E-state index is 0.0394. The van der Waals surface area contributed by atoms with Crippen molar-refractivity contribution in [2.45, 2.75) is 12.8 Å². The van der Waals surface area contributed by atoms with Gasteiger partial charge >= 0.3 is 0 Å². The van der Waals surface area contributed by atoms with Crippen molar-refractivity contribution in [1.82, 2.24) is 9.88 Å². The van der Waals surface area contributed by atoms with E-state index in [9.17, 15) is 4.79 Å². The number of aromatic nitrogens is 1. The van der Waals surface area contributed by atoms with Crippen molar-refractivity contribution >= 4 is 23.1 Å². The maximum atomic E-state index is 11.7. The lowest BCUT2D eigenvalue weighted by molar-refractivity contribution is 0.0798. The van der Waals surface area contributed by atoms with Gasteiger partial charge in [0, 0.05) is 13.1 Å². The first-order valence-corrected chi connectivity index (χ1v) is 5.15. The van der Waals surface area contributed by atoms with Crippen LogP contribution in [0.15, 0.2) is 5.51 Å². The summed E-state index contributed by atoms with van der Waals surface area (Å²) >= 11 is 1.32. The van der Waals surface area contributed by atoms with Gasteiger partial charge in [0.1, 0.15) is 10.7 Å². The number of nitrogens with zero attached hydrogens (tertiary/aromatic N) is 2. The Balaban J connectivity index is 2.17. The fourth-order valence-electron chi connectivity index (χ4n) is 1.48. The van der Waals surface area contributed by atoms with Crippen molar-refractivity contribution in [3.05, 3.63) is 10.4 Å². The van der Waals surface area contributed by atoms with Crippen molar-refractivity contribution < 1.29 is 4.79 Å². The summed E-state index contributed by atoms with van der Waals surface area (Å²) in [6, 6.07) is 0. The third-order valence-corrected chi connectivity index (χ3v) is 3.01. The molecule has 1 amide bonds. The second-order valence-corrected chi connectivity index (χ2v) is 3.92. The summed E-state index contributed by atoms with van der Waals surface area (Å²) in [4.78, 5) is 18.0. The van der Waals surface area contributed by atoms with Gasteiger partial charge in [0.05, 0.1) is 5.51 Å². The lowest BCUT2D eigenvalue weighted by Gasteiger charge is -2.13. The first kappa shape index (κ1) is 8.50. The highest BCUT2D eigenvalue weighted by molar-refractivity contribution is 7.12. The highest BCUT2D eigenvalue weighted by Gasteiger charge is 2.22. The molecule has 0 bridgehead atoms. The van der Waals surface area contributed by atoms with E-state index in [-0.39, 0.29) is 5.91 Å². The van der Waals surface area contributed by atoms with Crippen molar-refractivity contribution in [1.29, 1.82) is 0 Å². The summed E-state index contributed by atoms with van der Waals surface area (Å²) in [5, 5.41) is 0. The minimum absolute atomic E-state index is 0.0394. The van der Waals surface area contributed by atoms with Crippen LogP contribution >= 0.6 is 11.3 Å². The molecule has 1 saturated heterocycles. The Morgan fingerprint density at radius 3 is 2.77 bits per heavy atom. The third kappa shape index (κ3) is 1.51. The molecule has 4 nitrogen and oxygen atoms in total. The number of likely N-dealkylation sites (tertiary alicyclic amines) is 1. The van der Waals surface area contributed by atoms with E-state index in [0.717, 1.165) is 25.9 Å². The molecule has 1 aliphatic heterocycles. The highest BCUT2D eigenvalue weighted by atomic mass is 32.1. The summed E-state index contributed by atoms with van der Waals surface area (Å²) < 4.78 is 0. The van der Waals surface area contributed by atoms with Crippen molar-refractivity contribution in [3.63, 3.8) is 0 Å². The van der Waals surface area contributed by atoms with E-state index in [4.69, 9.17) is 5.73 Å². The van der Waals surface area contributed by atoms with Gasteiger partial charge in [-0.05, 0) is 12.8 Å². The molecule has 1 aromatic heterocycles. The molecule has 0 atom stereocenters. The van der Waals surface area contributed by atoms with Crippen LogP contribution in [0.4, 0.5) is 5.82 Å². The number of amides is 1. The number of carbonyl (C=O) groups excluding carboxylic acids is 1. The molecular formula is C8H11N3OS. The minimum Gasteiger partial charge on any atom is -0.382 e. The molecule has 0 spiro atoms. The first-order valence-electron chi connectivity index (χ1n) is 4.27. The largest absolute Gasteiger partial charge is 0.382 e. The lowest BCUT2D eigenvalue weighted by atomic mass is 10.4. The van der Waals surface area contributed by atoms with Gasteiger partial charge in [-0.1, -0.05) is 0 Å². The van der Waals surface area contributed by atoms with Crippen LogP contribution in [0.1, 0.15) is 22.5 Å². The molecule has 0 aromatic carbocycles. The lowest BCUT2D eigenvalue weighted by Crippen LogP contribution is -2.27. The Labute approximate surface area is 80.4 Å². The van der Waals surface area contributed by atoms with Gasteiger partial charge in [0.25, 0.3) is 5.91 Å². The molecule has 70 valence electrons. The van der Waals surface area contributed by atoms with Gasteiger partial charge in [0.15, 0.2) is 0 Å². The number of carbonyl (C=O) groups is 1. The molecule has 1 aromatic rings. The number of hydrogen-bond donors (Lipinski definition) is 1. The molecule has 13 heavy (non-hydrogen) atoms. The van der Waals surface area contributed by atoms with Crippen LogP contribution in [-0.2, 0) is 0 Å². The van der Waals surface area contributed by atoms with E-state index in [1.807, 2.05) is 4.90 Å². The van der Waals surface area contributed by atoms with Crippen molar-refractivity contribution in [3.8, 4) is 0 Å². The fourth-order valence-corrected chi connectivity index (χ4v) is 2.15. The number of rotatable bonds is 1. The quantitative estimate of drug-likeness (QED) is 0.729. The predicted octanol–water partition coefficient (Wildman–Crippen LogP) is 0.961. The van der Waals surface area contributed by atoms with Gasteiger partial charge in [-0.15, -0.1) is 11.3 Å². The van der Waals surface area contributed by atoms with Crippen molar-refractivity contribution in [2.75, 3.05) is 18.8 Å². The normalized spacial score (nSPS) is 16.5. The number of nitrogen functional groups attached to an aromatic ring is 1. The summed E-state index contributed by atoms with van der Waals surface area (Å²) in [6.45, 7) is 1.71. The van der Waals surface area contributed by atoms with Crippen LogP contribution in [0.2, 0.25) is 0 Å². The average Bonchev–Trinajstić information content (AvgIpc) is 2.72. The molecule has 2 heterocycles. The fraction of sp³-hybridized carbons (Fsp3) is 0.500. The molecule has 0 saturated carbocycles.